The van der Waals surface area contributed by atoms with Gasteiger partial charge in [0.15, 0.2) is 5.76 Å². The lowest BCUT2D eigenvalue weighted by Crippen LogP contribution is -2.41. The third-order valence-corrected chi connectivity index (χ3v) is 3.18. The van der Waals surface area contributed by atoms with Crippen LogP contribution in [0.4, 0.5) is 9.18 Å². The molecule has 1 atom stereocenters. The number of nitrogens with zero attached hydrogens (tertiary/aromatic N) is 2. The number of furan rings is 1. The van der Waals surface area contributed by atoms with Crippen LogP contribution in [0.5, 0.6) is 11.7 Å². The van der Waals surface area contributed by atoms with Gasteiger partial charge in [0.05, 0.1) is 13.8 Å². The van der Waals surface area contributed by atoms with Crippen molar-refractivity contribution in [1.29, 1.82) is 0 Å². The number of halogens is 1. The Balaban J connectivity index is 2.14. The van der Waals surface area contributed by atoms with Crippen LogP contribution in [0.2, 0.25) is 0 Å². The number of benzene rings is 1. The molecule has 0 fully saturated rings. The minimum absolute atomic E-state index is 0.169. The number of rotatable bonds is 4. The van der Waals surface area contributed by atoms with Gasteiger partial charge in [-0.1, -0.05) is 11.6 Å². The lowest BCUT2D eigenvalue weighted by Gasteiger charge is -2.13. The lowest BCUT2D eigenvalue weighted by atomic mass is 10.1. The lowest BCUT2D eigenvalue weighted by molar-refractivity contribution is -0.408. The summed E-state index contributed by atoms with van der Waals surface area (Å²) in [6, 6.07) is 6.92. The Labute approximate surface area is 150 Å². The molecular weight excluding hydrogens is 339 g/mol. The van der Waals surface area contributed by atoms with E-state index in [0.29, 0.717) is 16.4 Å². The van der Waals surface area contributed by atoms with Gasteiger partial charge in [-0.3, -0.25) is 0 Å². The van der Waals surface area contributed by atoms with Gasteiger partial charge in [0, 0.05) is 6.07 Å². The molecule has 0 saturated heterocycles. The Morgan fingerprint density at radius 1 is 1.35 bits per heavy atom. The largest absolute Gasteiger partial charge is 0.524 e. The van der Waals surface area contributed by atoms with E-state index in [9.17, 15) is 14.4 Å². The molecule has 0 aliphatic heterocycles. The molecule has 2 rings (SSSR count). The zero-order chi connectivity index (χ0) is 19.3. The predicted molar refractivity (Wildman–Crippen MR) is 93.0 cm³/mol. The molecule has 0 aliphatic rings. The van der Waals surface area contributed by atoms with E-state index in [0.717, 1.165) is 4.58 Å². The van der Waals surface area contributed by atoms with Gasteiger partial charge in [0.25, 0.3) is 5.95 Å². The van der Waals surface area contributed by atoms with Gasteiger partial charge in [-0.2, -0.15) is 4.79 Å². The molecule has 0 saturated carbocycles. The summed E-state index contributed by atoms with van der Waals surface area (Å²) in [5, 5.41) is 10.4. The minimum atomic E-state index is -0.932. The van der Waals surface area contributed by atoms with E-state index in [1.165, 1.54) is 31.3 Å². The molecule has 0 bridgehead atoms. The molecule has 1 aromatic heterocycles. The number of carbonyl (C=O) groups excluding carboxylic acids is 1. The summed E-state index contributed by atoms with van der Waals surface area (Å²) in [5.74, 6) is 5.88. The van der Waals surface area contributed by atoms with E-state index in [-0.39, 0.29) is 17.5 Å². The quantitative estimate of drug-likeness (QED) is 0.226. The van der Waals surface area contributed by atoms with E-state index < -0.39 is 12.1 Å². The van der Waals surface area contributed by atoms with Crippen molar-refractivity contribution < 1.29 is 28.1 Å². The Morgan fingerprint density at radius 3 is 2.58 bits per heavy atom. The molecular formula is C19H18FN2O4+. The minimum Gasteiger partial charge on any atom is -0.426 e. The average Bonchev–Trinajstić information content (AvgIpc) is 3.03. The predicted octanol–water partition coefficient (Wildman–Crippen LogP) is 3.66. The fourth-order valence-electron chi connectivity index (χ4n) is 1.88. The fourth-order valence-corrected chi connectivity index (χ4v) is 1.88. The van der Waals surface area contributed by atoms with Crippen molar-refractivity contribution in [1.82, 2.24) is 5.06 Å². The van der Waals surface area contributed by atoms with Crippen molar-refractivity contribution in [3.63, 3.8) is 0 Å². The van der Waals surface area contributed by atoms with Crippen LogP contribution in [0, 0.1) is 17.7 Å². The third-order valence-electron chi connectivity index (χ3n) is 3.18. The van der Waals surface area contributed by atoms with Crippen LogP contribution in [0.1, 0.15) is 12.7 Å². The molecule has 1 aromatic carbocycles. The van der Waals surface area contributed by atoms with Crippen molar-refractivity contribution in [2.24, 2.45) is 0 Å². The number of ether oxygens (including phenoxy) is 1. The number of hydroxylamine groups is 2. The molecule has 1 unspecified atom stereocenters. The highest BCUT2D eigenvalue weighted by Crippen LogP contribution is 2.23. The summed E-state index contributed by atoms with van der Waals surface area (Å²) < 4.78 is 24.7. The zero-order valence-electron chi connectivity index (χ0n) is 14.4. The maximum atomic E-state index is 12.9. The van der Waals surface area contributed by atoms with E-state index in [4.69, 9.17) is 9.15 Å². The molecule has 0 radical (unpaired) electrons. The van der Waals surface area contributed by atoms with Gasteiger partial charge in [-0.05, 0) is 54.7 Å². The molecule has 6 nitrogen and oxygen atoms in total. The molecule has 2 aromatic rings. The zero-order valence-corrected chi connectivity index (χ0v) is 14.4. The van der Waals surface area contributed by atoms with Crippen LogP contribution in [-0.4, -0.2) is 40.7 Å². The van der Waals surface area contributed by atoms with Crippen LogP contribution in [0.15, 0.2) is 53.0 Å². The number of hydrogen-bond donors (Lipinski definition) is 1. The Morgan fingerprint density at radius 2 is 2.00 bits per heavy atom. The van der Waals surface area contributed by atoms with E-state index >= 15 is 0 Å². The van der Waals surface area contributed by atoms with Gasteiger partial charge < -0.3 is 9.15 Å². The smallest absolute Gasteiger partial charge is 0.426 e. The molecule has 2 amide bonds. The summed E-state index contributed by atoms with van der Waals surface area (Å²) in [5.41, 5.74) is 0.463. The van der Waals surface area contributed by atoms with Crippen LogP contribution in [0.25, 0.3) is 0 Å². The van der Waals surface area contributed by atoms with Crippen molar-refractivity contribution in [3.05, 3.63) is 60.1 Å². The summed E-state index contributed by atoms with van der Waals surface area (Å²) in [6.07, 6.45) is 0. The number of urea groups is 1. The maximum Gasteiger partial charge on any atom is 0.524 e. The summed E-state index contributed by atoms with van der Waals surface area (Å²) >= 11 is 0. The first-order valence-corrected chi connectivity index (χ1v) is 7.54. The van der Waals surface area contributed by atoms with Gasteiger partial charge in [0.2, 0.25) is 6.04 Å². The van der Waals surface area contributed by atoms with E-state index in [2.05, 4.69) is 25.1 Å². The van der Waals surface area contributed by atoms with Crippen molar-refractivity contribution in [2.75, 3.05) is 7.05 Å². The number of carbonyl (C=O) groups is 1. The maximum absolute atomic E-state index is 12.9. The highest BCUT2D eigenvalue weighted by molar-refractivity contribution is 5.67. The topological polar surface area (TPSA) is 65.9 Å². The highest BCUT2D eigenvalue weighted by atomic mass is 19.1. The van der Waals surface area contributed by atoms with Gasteiger partial charge in [-0.25, -0.2) is 14.2 Å². The second-order valence-corrected chi connectivity index (χ2v) is 5.52. The van der Waals surface area contributed by atoms with Crippen molar-refractivity contribution in [3.8, 4) is 23.5 Å². The standard InChI is InChI=1S/C19H18FN2O4/c1-13(2)17(22(24)19(23)21(3)4)11-9-16-10-12-18(26-16)25-15-7-5-14(20)6-8-15/h5-8,10,12,17,24H,1,3H2,2,4H3/q+1. The molecule has 1 N–H and O–H groups in total. The number of hydrogen-bond acceptors (Lipinski definition) is 4. The first-order valence-electron chi connectivity index (χ1n) is 7.54. The van der Waals surface area contributed by atoms with Crippen molar-refractivity contribution >= 4 is 12.7 Å². The first kappa shape index (κ1) is 19.0. The summed E-state index contributed by atoms with van der Waals surface area (Å²) in [6.45, 7) is 8.76. The molecule has 1 heterocycles. The van der Waals surface area contributed by atoms with E-state index in [1.54, 1.807) is 19.1 Å². The van der Waals surface area contributed by atoms with Crippen LogP contribution in [-0.2, 0) is 0 Å². The summed E-state index contributed by atoms with van der Waals surface area (Å²) in [7, 11) is 1.40. The van der Waals surface area contributed by atoms with Crippen molar-refractivity contribution in [2.45, 2.75) is 13.0 Å². The Bertz CT molecular complexity index is 890. The Hall–Kier alpha value is -3.37. The highest BCUT2D eigenvalue weighted by Gasteiger charge is 2.30. The number of amides is 2. The van der Waals surface area contributed by atoms with Crippen LogP contribution >= 0.6 is 0 Å². The first-order chi connectivity index (χ1) is 12.3. The van der Waals surface area contributed by atoms with Crippen LogP contribution < -0.4 is 4.74 Å². The second-order valence-electron chi connectivity index (χ2n) is 5.52. The van der Waals surface area contributed by atoms with Crippen LogP contribution in [0.3, 0.4) is 0 Å². The SMILES string of the molecule is C=C(C)C(C#Cc1ccc(Oc2ccc(F)cc2)o1)N(O)C(=O)[N+](=C)C. The van der Waals surface area contributed by atoms with Gasteiger partial charge >= 0.3 is 6.03 Å². The fraction of sp³-hybridized carbons (Fsp3) is 0.158. The van der Waals surface area contributed by atoms with E-state index in [1.807, 2.05) is 0 Å². The summed E-state index contributed by atoms with van der Waals surface area (Å²) in [4.78, 5) is 11.8. The molecule has 26 heavy (non-hydrogen) atoms. The average molecular weight is 357 g/mol. The molecule has 0 spiro atoms. The monoisotopic (exact) mass is 357 g/mol. The molecule has 0 aliphatic carbocycles. The molecule has 7 heteroatoms. The second kappa shape index (κ2) is 8.14. The third kappa shape index (κ3) is 4.82. The Kier molecular flexibility index (Phi) is 5.94. The normalized spacial score (nSPS) is 11.1. The molecule has 134 valence electrons. The van der Waals surface area contributed by atoms with Gasteiger partial charge in [-0.15, -0.1) is 0 Å². The van der Waals surface area contributed by atoms with Gasteiger partial charge in [0.1, 0.15) is 11.6 Å².